The fraction of sp³-hybridized carbons (Fsp3) is 0.353. The van der Waals surface area contributed by atoms with Crippen molar-refractivity contribution in [3.05, 3.63) is 68.7 Å². The van der Waals surface area contributed by atoms with Crippen LogP contribution < -0.4 is 10.2 Å². The van der Waals surface area contributed by atoms with Gasteiger partial charge in [-0.15, -0.1) is 0 Å². The maximum Gasteiger partial charge on any atom is 0.251 e. The van der Waals surface area contributed by atoms with Crippen molar-refractivity contribution in [2.24, 2.45) is 10.2 Å². The lowest BCUT2D eigenvalue weighted by Crippen LogP contribution is -2.48. The summed E-state index contributed by atoms with van der Waals surface area (Å²) in [6.45, 7) is 1.50. The third-order valence-electron chi connectivity index (χ3n) is 4.31. The average molecular weight is 378 g/mol. The highest BCUT2D eigenvalue weighted by Gasteiger charge is 2.23. The molecule has 0 radical (unpaired) electrons. The first-order valence-corrected chi connectivity index (χ1v) is 8.72. The van der Waals surface area contributed by atoms with Crippen LogP contribution in [0.3, 0.4) is 0 Å². The van der Waals surface area contributed by atoms with Gasteiger partial charge in [0.15, 0.2) is 0 Å². The summed E-state index contributed by atoms with van der Waals surface area (Å²) in [5, 5.41) is 10.1. The van der Waals surface area contributed by atoms with E-state index in [0.717, 1.165) is 19.4 Å². The Balaban J connectivity index is 1.73. The van der Waals surface area contributed by atoms with Crippen molar-refractivity contribution in [3.63, 3.8) is 0 Å². The highest BCUT2D eigenvalue weighted by atomic mass is 16.1. The minimum Gasteiger partial charge on any atom is -0.348 e. The van der Waals surface area contributed by atoms with E-state index in [-0.39, 0.29) is 18.5 Å². The smallest absolute Gasteiger partial charge is 0.251 e. The van der Waals surface area contributed by atoms with Crippen molar-refractivity contribution in [1.82, 2.24) is 15.3 Å². The minimum atomic E-state index is -0.280. The van der Waals surface area contributed by atoms with Gasteiger partial charge in [0, 0.05) is 52.6 Å². The minimum absolute atomic E-state index is 0.0613. The number of carbonyl (C=O) groups is 1. The van der Waals surface area contributed by atoms with Gasteiger partial charge in [0.25, 0.3) is 5.91 Å². The standard InChI is InChI=1S/C17H18N10O/c18-25-22-10-12-7-13(9-15(8-12)24-26-19)16(28)23-14-3-1-6-27(11-14)17-20-4-2-5-21-17/h2,4-5,7-9,14H,1,3,6,10-11H2,(H,23,28). The van der Waals surface area contributed by atoms with E-state index in [1.807, 2.05) is 4.90 Å². The molecule has 0 aliphatic carbocycles. The average Bonchev–Trinajstić information content (AvgIpc) is 2.73. The summed E-state index contributed by atoms with van der Waals surface area (Å²) in [6.07, 6.45) is 5.13. The maximum absolute atomic E-state index is 12.7. The lowest BCUT2D eigenvalue weighted by molar-refractivity contribution is 0.0933. The number of benzene rings is 1. The molecular weight excluding hydrogens is 360 g/mol. The molecule has 1 aromatic carbocycles. The Morgan fingerprint density at radius 3 is 2.82 bits per heavy atom. The van der Waals surface area contributed by atoms with Gasteiger partial charge in [-0.1, -0.05) is 10.2 Å². The Labute approximate surface area is 160 Å². The molecule has 2 heterocycles. The first-order valence-electron chi connectivity index (χ1n) is 8.72. The van der Waals surface area contributed by atoms with Crippen molar-refractivity contribution in [2.45, 2.75) is 25.4 Å². The summed E-state index contributed by atoms with van der Waals surface area (Å²) < 4.78 is 0. The molecule has 28 heavy (non-hydrogen) atoms. The van der Waals surface area contributed by atoms with Crippen LogP contribution in [0.1, 0.15) is 28.8 Å². The lowest BCUT2D eigenvalue weighted by atomic mass is 10.0. The van der Waals surface area contributed by atoms with Gasteiger partial charge in [-0.2, -0.15) is 0 Å². The molecule has 1 aliphatic heterocycles. The molecule has 0 saturated carbocycles. The summed E-state index contributed by atoms with van der Waals surface area (Å²) in [6, 6.07) is 6.42. The molecule has 142 valence electrons. The highest BCUT2D eigenvalue weighted by Crippen LogP contribution is 2.20. The number of aromatic nitrogens is 2. The van der Waals surface area contributed by atoms with E-state index in [1.54, 1.807) is 30.6 Å². The van der Waals surface area contributed by atoms with Gasteiger partial charge in [0.2, 0.25) is 5.95 Å². The summed E-state index contributed by atoms with van der Waals surface area (Å²) in [5.74, 6) is 0.362. The summed E-state index contributed by atoms with van der Waals surface area (Å²) in [4.78, 5) is 28.8. The maximum atomic E-state index is 12.7. The van der Waals surface area contributed by atoms with E-state index in [0.29, 0.717) is 29.3 Å². The fourth-order valence-electron chi connectivity index (χ4n) is 3.12. The zero-order chi connectivity index (χ0) is 19.8. The quantitative estimate of drug-likeness (QED) is 0.462. The van der Waals surface area contributed by atoms with E-state index in [9.17, 15) is 4.79 Å². The van der Waals surface area contributed by atoms with Gasteiger partial charge >= 0.3 is 0 Å². The molecular formula is C17H18N10O. The number of piperidine rings is 1. The SMILES string of the molecule is [N-]=[N+]=NCc1cc(N=[N+]=[N-])cc(C(=O)NC2CCCN(c3ncccn3)C2)c1. The third kappa shape index (κ3) is 4.88. The number of hydrogen-bond acceptors (Lipinski definition) is 6. The number of nitrogens with one attached hydrogen (secondary N) is 1. The monoisotopic (exact) mass is 378 g/mol. The highest BCUT2D eigenvalue weighted by molar-refractivity contribution is 5.95. The Hall–Kier alpha value is -3.81. The van der Waals surface area contributed by atoms with E-state index in [4.69, 9.17) is 11.1 Å². The van der Waals surface area contributed by atoms with Crippen LogP contribution in [0.15, 0.2) is 46.9 Å². The number of rotatable bonds is 6. The van der Waals surface area contributed by atoms with Crippen LogP contribution >= 0.6 is 0 Å². The molecule has 2 aromatic rings. The number of azide groups is 2. The Bertz CT molecular complexity index is 934. The van der Waals surface area contributed by atoms with Gasteiger partial charge in [-0.3, -0.25) is 4.79 Å². The largest absolute Gasteiger partial charge is 0.348 e. The lowest BCUT2D eigenvalue weighted by Gasteiger charge is -2.33. The fourth-order valence-corrected chi connectivity index (χ4v) is 3.12. The van der Waals surface area contributed by atoms with Crippen molar-refractivity contribution in [1.29, 1.82) is 0 Å². The molecule has 1 fully saturated rings. The molecule has 1 saturated heterocycles. The molecule has 1 N–H and O–H groups in total. The van der Waals surface area contributed by atoms with E-state index in [1.165, 1.54) is 6.07 Å². The molecule has 3 rings (SSSR count). The second-order valence-electron chi connectivity index (χ2n) is 6.27. The first-order chi connectivity index (χ1) is 13.7. The zero-order valence-electron chi connectivity index (χ0n) is 15.0. The van der Waals surface area contributed by atoms with Crippen LogP contribution in [-0.4, -0.2) is 35.0 Å². The number of nitrogens with zero attached hydrogens (tertiary/aromatic N) is 9. The number of anilines is 1. The van der Waals surface area contributed by atoms with Gasteiger partial charge in [0.05, 0.1) is 6.54 Å². The van der Waals surface area contributed by atoms with Crippen molar-refractivity contribution < 1.29 is 4.79 Å². The van der Waals surface area contributed by atoms with E-state index in [2.05, 4.69) is 35.3 Å². The molecule has 11 heteroatoms. The van der Waals surface area contributed by atoms with Crippen LogP contribution in [0.4, 0.5) is 11.6 Å². The Kier molecular flexibility index (Phi) is 6.25. The van der Waals surface area contributed by atoms with Crippen LogP contribution in [0.5, 0.6) is 0 Å². The van der Waals surface area contributed by atoms with Gasteiger partial charge in [0.1, 0.15) is 0 Å². The van der Waals surface area contributed by atoms with Crippen molar-refractivity contribution >= 4 is 17.5 Å². The van der Waals surface area contributed by atoms with E-state index >= 15 is 0 Å². The van der Waals surface area contributed by atoms with Crippen molar-refractivity contribution in [3.8, 4) is 0 Å². The number of hydrogen-bond donors (Lipinski definition) is 1. The molecule has 1 amide bonds. The topological polar surface area (TPSA) is 156 Å². The second-order valence-corrected chi connectivity index (χ2v) is 6.27. The Morgan fingerprint density at radius 2 is 2.07 bits per heavy atom. The molecule has 1 atom stereocenters. The predicted molar refractivity (Wildman–Crippen MR) is 103 cm³/mol. The van der Waals surface area contributed by atoms with Crippen molar-refractivity contribution in [2.75, 3.05) is 18.0 Å². The molecule has 1 unspecified atom stereocenters. The molecule has 0 bridgehead atoms. The predicted octanol–water partition coefficient (Wildman–Crippen LogP) is 3.63. The normalized spacial score (nSPS) is 15.9. The van der Waals surface area contributed by atoms with Crippen LogP contribution in [0, 0.1) is 0 Å². The summed E-state index contributed by atoms with van der Waals surface area (Å²) in [7, 11) is 0. The van der Waals surface area contributed by atoms with E-state index < -0.39 is 0 Å². The van der Waals surface area contributed by atoms with Gasteiger partial charge in [-0.25, -0.2) is 9.97 Å². The van der Waals surface area contributed by atoms with Gasteiger partial charge < -0.3 is 10.2 Å². The van der Waals surface area contributed by atoms with Crippen LogP contribution in [0.2, 0.25) is 0 Å². The van der Waals surface area contributed by atoms with Crippen LogP contribution in [-0.2, 0) is 6.54 Å². The number of amides is 1. The first kappa shape index (κ1) is 19.0. The molecule has 0 spiro atoms. The summed E-state index contributed by atoms with van der Waals surface area (Å²) in [5.41, 5.74) is 18.4. The van der Waals surface area contributed by atoms with Crippen LogP contribution in [0.25, 0.3) is 20.9 Å². The molecule has 1 aliphatic rings. The third-order valence-corrected chi connectivity index (χ3v) is 4.31. The molecule has 1 aromatic heterocycles. The number of carbonyl (C=O) groups excluding carboxylic acids is 1. The van der Waals surface area contributed by atoms with Gasteiger partial charge in [-0.05, 0) is 53.7 Å². The second kappa shape index (κ2) is 9.22. The zero-order valence-corrected chi connectivity index (χ0v) is 15.0. The Morgan fingerprint density at radius 1 is 1.25 bits per heavy atom. The molecule has 11 nitrogen and oxygen atoms in total. The summed E-state index contributed by atoms with van der Waals surface area (Å²) >= 11 is 0.